The molecule has 0 amide bonds. The number of nitrogens with one attached hydrogen (secondary N) is 1. The molecule has 28 heavy (non-hydrogen) atoms. The summed E-state index contributed by atoms with van der Waals surface area (Å²) in [4.78, 5) is 3.17. The lowest BCUT2D eigenvalue weighted by Gasteiger charge is -2.10. The highest BCUT2D eigenvalue weighted by molar-refractivity contribution is 7.98. The van der Waals surface area contributed by atoms with Gasteiger partial charge in [-0.1, -0.05) is 36.0 Å². The first kappa shape index (κ1) is 18.3. The molecule has 2 aromatic carbocycles. The highest BCUT2D eigenvalue weighted by Gasteiger charge is 2.15. The first-order valence-corrected chi connectivity index (χ1v) is 9.27. The van der Waals surface area contributed by atoms with Gasteiger partial charge in [-0.3, -0.25) is 0 Å². The third-order valence-corrected chi connectivity index (χ3v) is 4.92. The molecule has 0 aliphatic heterocycles. The number of nitrogens with zero attached hydrogens (tertiary/aromatic N) is 2. The Kier molecular flexibility index (Phi) is 5.16. The van der Waals surface area contributed by atoms with Crippen LogP contribution >= 0.6 is 11.8 Å². The van der Waals surface area contributed by atoms with Crippen molar-refractivity contribution >= 4 is 22.7 Å². The van der Waals surface area contributed by atoms with Gasteiger partial charge in [0.15, 0.2) is 11.5 Å². The summed E-state index contributed by atoms with van der Waals surface area (Å²) in [5.41, 5.74) is 2.67. The number of benzene rings is 2. The van der Waals surface area contributed by atoms with Crippen LogP contribution in [0, 0.1) is 0 Å². The zero-order chi connectivity index (χ0) is 19.5. The van der Waals surface area contributed by atoms with Crippen molar-refractivity contribution in [2.75, 3.05) is 7.11 Å². The lowest BCUT2D eigenvalue weighted by Crippen LogP contribution is -2.03. The van der Waals surface area contributed by atoms with Gasteiger partial charge in [-0.25, -0.2) is 0 Å². The Hall–Kier alpha value is -3.07. The number of rotatable bonds is 7. The summed E-state index contributed by atoms with van der Waals surface area (Å²) in [6.07, 6.45) is 1.83. The number of halogens is 2. The predicted molar refractivity (Wildman–Crippen MR) is 101 cm³/mol. The zero-order valence-electron chi connectivity index (χ0n) is 14.7. The molecule has 2 aromatic heterocycles. The number of H-pyrrole nitrogens is 1. The average Bonchev–Trinajstić information content (AvgIpc) is 3.33. The summed E-state index contributed by atoms with van der Waals surface area (Å²) in [6.45, 7) is -2.91. The molecule has 144 valence electrons. The molecule has 0 spiro atoms. The zero-order valence-corrected chi connectivity index (χ0v) is 15.5. The minimum absolute atomic E-state index is 0.00865. The summed E-state index contributed by atoms with van der Waals surface area (Å²) in [5.74, 6) is 1.16. The molecule has 0 aliphatic rings. The second-order valence-electron chi connectivity index (χ2n) is 5.77. The van der Waals surface area contributed by atoms with Crippen LogP contribution in [-0.2, 0) is 5.75 Å². The number of methoxy groups -OCH3 is 1. The van der Waals surface area contributed by atoms with E-state index in [0.29, 0.717) is 16.9 Å². The van der Waals surface area contributed by atoms with Crippen molar-refractivity contribution in [3.05, 3.63) is 54.2 Å². The molecule has 0 radical (unpaired) electrons. The molecule has 0 unspecified atom stereocenters. The highest BCUT2D eigenvalue weighted by atomic mass is 32.2. The van der Waals surface area contributed by atoms with Crippen LogP contribution in [0.5, 0.6) is 11.5 Å². The number of ether oxygens (including phenoxy) is 2. The third kappa shape index (κ3) is 3.79. The molecule has 0 saturated carbocycles. The number of hydrogen-bond donors (Lipinski definition) is 1. The summed E-state index contributed by atoms with van der Waals surface area (Å²) >= 11 is 1.34. The number of aromatic nitrogens is 3. The Morgan fingerprint density at radius 1 is 1.14 bits per heavy atom. The van der Waals surface area contributed by atoms with Crippen LogP contribution in [0.25, 0.3) is 22.4 Å². The first-order valence-electron chi connectivity index (χ1n) is 8.28. The topological polar surface area (TPSA) is 73.2 Å². The van der Waals surface area contributed by atoms with Crippen LogP contribution in [0.15, 0.2) is 58.3 Å². The van der Waals surface area contributed by atoms with Gasteiger partial charge in [0.25, 0.3) is 11.1 Å². The fraction of sp³-hybridized carbons (Fsp3) is 0.158. The molecule has 6 nitrogen and oxygen atoms in total. The SMILES string of the molecule is COc1cc(CSc2nnc(-c3c[nH]c4ccccc34)o2)ccc1OC(F)F. The Bertz CT molecular complexity index is 1100. The number of aromatic amines is 1. The molecule has 0 bridgehead atoms. The summed E-state index contributed by atoms with van der Waals surface area (Å²) in [6, 6.07) is 12.6. The molecular formula is C19H15F2N3O3S. The van der Waals surface area contributed by atoms with Crippen molar-refractivity contribution in [2.24, 2.45) is 0 Å². The van der Waals surface area contributed by atoms with Gasteiger partial charge in [0, 0.05) is 22.9 Å². The van der Waals surface area contributed by atoms with Crippen molar-refractivity contribution in [3.8, 4) is 23.0 Å². The number of alkyl halides is 2. The second kappa shape index (κ2) is 7.89. The van der Waals surface area contributed by atoms with E-state index in [9.17, 15) is 8.78 Å². The van der Waals surface area contributed by atoms with E-state index in [1.165, 1.54) is 24.9 Å². The van der Waals surface area contributed by atoms with Crippen molar-refractivity contribution in [1.82, 2.24) is 15.2 Å². The van der Waals surface area contributed by atoms with Gasteiger partial charge in [0.2, 0.25) is 0 Å². The molecule has 0 fully saturated rings. The van der Waals surface area contributed by atoms with E-state index in [2.05, 4.69) is 19.9 Å². The molecule has 4 aromatic rings. The molecule has 0 aliphatic carbocycles. The van der Waals surface area contributed by atoms with Gasteiger partial charge in [-0.15, -0.1) is 10.2 Å². The van der Waals surface area contributed by atoms with Gasteiger partial charge in [-0.2, -0.15) is 8.78 Å². The van der Waals surface area contributed by atoms with Gasteiger partial charge < -0.3 is 18.9 Å². The maximum atomic E-state index is 12.4. The van der Waals surface area contributed by atoms with Gasteiger partial charge in [0.05, 0.1) is 12.7 Å². The quantitative estimate of drug-likeness (QED) is 0.432. The van der Waals surface area contributed by atoms with Crippen LogP contribution in [0.4, 0.5) is 8.78 Å². The normalized spacial score (nSPS) is 11.3. The molecule has 2 heterocycles. The summed E-state index contributed by atoms with van der Waals surface area (Å²) in [7, 11) is 1.40. The number of fused-ring (bicyclic) bond motifs is 1. The van der Waals surface area contributed by atoms with E-state index < -0.39 is 6.61 Å². The number of para-hydroxylation sites is 1. The maximum Gasteiger partial charge on any atom is 0.387 e. The van der Waals surface area contributed by atoms with Crippen LogP contribution in [-0.4, -0.2) is 28.9 Å². The summed E-state index contributed by atoms with van der Waals surface area (Å²) < 4.78 is 40.1. The van der Waals surface area contributed by atoms with Gasteiger partial charge >= 0.3 is 6.61 Å². The fourth-order valence-electron chi connectivity index (χ4n) is 2.77. The van der Waals surface area contributed by atoms with Crippen LogP contribution in [0.2, 0.25) is 0 Å². The Balaban J connectivity index is 1.48. The Morgan fingerprint density at radius 2 is 2.00 bits per heavy atom. The Labute approximate surface area is 162 Å². The fourth-order valence-corrected chi connectivity index (χ4v) is 3.47. The van der Waals surface area contributed by atoms with Crippen LogP contribution in [0.3, 0.4) is 0 Å². The smallest absolute Gasteiger partial charge is 0.387 e. The maximum absolute atomic E-state index is 12.4. The van der Waals surface area contributed by atoms with Crippen LogP contribution in [0.1, 0.15) is 5.56 Å². The van der Waals surface area contributed by atoms with E-state index >= 15 is 0 Å². The molecular weight excluding hydrogens is 388 g/mol. The van der Waals surface area contributed by atoms with Crippen molar-refractivity contribution in [1.29, 1.82) is 0 Å². The first-order chi connectivity index (χ1) is 13.6. The second-order valence-corrected chi connectivity index (χ2v) is 6.70. The minimum atomic E-state index is -2.91. The largest absolute Gasteiger partial charge is 0.493 e. The van der Waals surface area contributed by atoms with Crippen molar-refractivity contribution in [3.63, 3.8) is 0 Å². The van der Waals surface area contributed by atoms with E-state index in [1.807, 2.05) is 30.5 Å². The molecule has 9 heteroatoms. The molecule has 0 atom stereocenters. The van der Waals surface area contributed by atoms with Crippen LogP contribution < -0.4 is 9.47 Å². The Morgan fingerprint density at radius 3 is 2.82 bits per heavy atom. The summed E-state index contributed by atoms with van der Waals surface area (Å²) in [5, 5.41) is 9.60. The molecule has 0 saturated heterocycles. The lowest BCUT2D eigenvalue weighted by molar-refractivity contribution is -0.0512. The van der Waals surface area contributed by atoms with Crippen molar-refractivity contribution in [2.45, 2.75) is 17.6 Å². The van der Waals surface area contributed by atoms with E-state index in [1.54, 1.807) is 12.1 Å². The van der Waals surface area contributed by atoms with E-state index in [0.717, 1.165) is 22.0 Å². The van der Waals surface area contributed by atoms with Gasteiger partial charge in [-0.05, 0) is 23.8 Å². The third-order valence-electron chi connectivity index (χ3n) is 4.03. The number of thioether (sulfide) groups is 1. The predicted octanol–water partition coefficient (Wildman–Crippen LogP) is 5.12. The lowest BCUT2D eigenvalue weighted by atomic mass is 10.2. The molecule has 4 rings (SSSR count). The standard InChI is InChI=1S/C19H15F2N3O3S/c1-25-16-8-11(6-7-15(16)26-18(20)21)10-28-19-24-23-17(27-19)13-9-22-14-5-3-2-4-12(13)14/h2-9,18,22H,10H2,1H3. The minimum Gasteiger partial charge on any atom is -0.493 e. The number of hydrogen-bond acceptors (Lipinski definition) is 6. The highest BCUT2D eigenvalue weighted by Crippen LogP contribution is 2.33. The van der Waals surface area contributed by atoms with Gasteiger partial charge in [0.1, 0.15) is 0 Å². The monoisotopic (exact) mass is 403 g/mol. The van der Waals surface area contributed by atoms with Crippen molar-refractivity contribution < 1.29 is 22.7 Å². The molecule has 1 N–H and O–H groups in total. The van der Waals surface area contributed by atoms with E-state index in [4.69, 9.17) is 9.15 Å². The van der Waals surface area contributed by atoms with E-state index in [-0.39, 0.29) is 11.5 Å². The average molecular weight is 403 g/mol.